The first-order valence-electron chi connectivity index (χ1n) is 8.23. The summed E-state index contributed by atoms with van der Waals surface area (Å²) in [6, 6.07) is 1.42. The summed E-state index contributed by atoms with van der Waals surface area (Å²) in [5.41, 5.74) is 4.80. The molecule has 3 rings (SSSR count). The second-order valence-electron chi connectivity index (χ2n) is 6.83. The highest BCUT2D eigenvalue weighted by Crippen LogP contribution is 2.44. The molecule has 26 heavy (non-hydrogen) atoms. The Morgan fingerprint density at radius 3 is 2.62 bits per heavy atom. The van der Waals surface area contributed by atoms with Gasteiger partial charge < -0.3 is 15.8 Å². The maximum absolute atomic E-state index is 12.5. The molecule has 0 aromatic carbocycles. The Balaban J connectivity index is 1.79. The van der Waals surface area contributed by atoms with E-state index >= 15 is 0 Å². The van der Waals surface area contributed by atoms with Crippen molar-refractivity contribution in [1.29, 1.82) is 0 Å². The number of amides is 2. The Morgan fingerprint density at radius 1 is 1.38 bits per heavy atom. The van der Waals surface area contributed by atoms with Crippen molar-refractivity contribution < 1.29 is 27.1 Å². The van der Waals surface area contributed by atoms with Gasteiger partial charge >= 0.3 is 0 Å². The number of hydrogen-bond acceptors (Lipinski definition) is 6. The Hall–Kier alpha value is -2.23. The SMILES string of the molecule is NC(=O)CC1(NC(=O)c2cc(OCCF)c(C3CC3)cn2)CS(=O)(=O)C1. The second-order valence-corrected chi connectivity index (χ2v) is 8.89. The molecule has 0 spiro atoms. The van der Waals surface area contributed by atoms with Gasteiger partial charge in [-0.2, -0.15) is 0 Å². The van der Waals surface area contributed by atoms with E-state index in [-0.39, 0.29) is 30.2 Å². The van der Waals surface area contributed by atoms with Gasteiger partial charge in [-0.1, -0.05) is 0 Å². The smallest absolute Gasteiger partial charge is 0.270 e. The molecule has 1 aliphatic heterocycles. The van der Waals surface area contributed by atoms with Gasteiger partial charge in [-0.3, -0.25) is 14.6 Å². The molecule has 0 radical (unpaired) electrons. The molecule has 1 aromatic heterocycles. The van der Waals surface area contributed by atoms with Crippen LogP contribution >= 0.6 is 0 Å². The minimum absolute atomic E-state index is 0.0106. The number of primary amides is 1. The van der Waals surface area contributed by atoms with Crippen LogP contribution in [0.2, 0.25) is 0 Å². The van der Waals surface area contributed by atoms with Crippen molar-refractivity contribution in [1.82, 2.24) is 10.3 Å². The van der Waals surface area contributed by atoms with Crippen LogP contribution in [0, 0.1) is 0 Å². The van der Waals surface area contributed by atoms with Gasteiger partial charge in [-0.25, -0.2) is 12.8 Å². The number of aromatic nitrogens is 1. The molecule has 142 valence electrons. The molecule has 1 saturated heterocycles. The number of nitrogens with one attached hydrogen (secondary N) is 1. The fourth-order valence-electron chi connectivity index (χ4n) is 3.20. The number of halogens is 1. The highest BCUT2D eigenvalue weighted by molar-refractivity contribution is 7.93. The summed E-state index contributed by atoms with van der Waals surface area (Å²) in [4.78, 5) is 27.9. The monoisotopic (exact) mass is 385 g/mol. The molecule has 1 aromatic rings. The number of nitrogens with two attached hydrogens (primary N) is 1. The number of carbonyl (C=O) groups excluding carboxylic acids is 2. The van der Waals surface area contributed by atoms with E-state index in [1.807, 2.05) is 0 Å². The highest BCUT2D eigenvalue weighted by Gasteiger charge is 2.50. The van der Waals surface area contributed by atoms with Crippen LogP contribution in [0.25, 0.3) is 0 Å². The lowest BCUT2D eigenvalue weighted by Gasteiger charge is -2.40. The molecular weight excluding hydrogens is 365 g/mol. The van der Waals surface area contributed by atoms with Crippen LogP contribution in [0.15, 0.2) is 12.3 Å². The Labute approximate surface area is 150 Å². The topological polar surface area (TPSA) is 128 Å². The van der Waals surface area contributed by atoms with E-state index in [4.69, 9.17) is 10.5 Å². The van der Waals surface area contributed by atoms with Crippen LogP contribution in [0.4, 0.5) is 4.39 Å². The maximum Gasteiger partial charge on any atom is 0.270 e. The van der Waals surface area contributed by atoms with Crippen molar-refractivity contribution in [2.75, 3.05) is 24.8 Å². The van der Waals surface area contributed by atoms with Gasteiger partial charge in [0.25, 0.3) is 5.91 Å². The highest BCUT2D eigenvalue weighted by atomic mass is 32.2. The van der Waals surface area contributed by atoms with Gasteiger partial charge in [0.05, 0.1) is 23.5 Å². The molecule has 8 nitrogen and oxygen atoms in total. The van der Waals surface area contributed by atoms with Crippen molar-refractivity contribution in [3.8, 4) is 5.75 Å². The van der Waals surface area contributed by atoms with Crippen LogP contribution < -0.4 is 15.8 Å². The predicted octanol–water partition coefficient (Wildman–Crippen LogP) is 0.0797. The van der Waals surface area contributed by atoms with Crippen LogP contribution in [0.1, 0.15) is 41.2 Å². The average Bonchev–Trinajstić information content (AvgIpc) is 3.34. The number of alkyl halides is 1. The quantitative estimate of drug-likeness (QED) is 0.652. The molecule has 1 aliphatic carbocycles. The first kappa shape index (κ1) is 18.6. The molecule has 0 bridgehead atoms. The van der Waals surface area contributed by atoms with Crippen LogP contribution in [-0.4, -0.2) is 55.5 Å². The van der Waals surface area contributed by atoms with Gasteiger partial charge in [0.15, 0.2) is 9.84 Å². The lowest BCUT2D eigenvalue weighted by molar-refractivity contribution is -0.119. The number of carbonyl (C=O) groups is 2. The van der Waals surface area contributed by atoms with E-state index in [1.54, 1.807) is 0 Å². The number of ether oxygens (including phenoxy) is 1. The van der Waals surface area contributed by atoms with Gasteiger partial charge in [0.1, 0.15) is 24.7 Å². The van der Waals surface area contributed by atoms with Crippen molar-refractivity contribution in [3.05, 3.63) is 23.5 Å². The van der Waals surface area contributed by atoms with Crippen LogP contribution in [0.3, 0.4) is 0 Å². The summed E-state index contributed by atoms with van der Waals surface area (Å²) in [7, 11) is -3.30. The van der Waals surface area contributed by atoms with Crippen LogP contribution in [-0.2, 0) is 14.6 Å². The van der Waals surface area contributed by atoms with E-state index in [0.29, 0.717) is 11.7 Å². The molecule has 0 atom stereocenters. The molecule has 10 heteroatoms. The van der Waals surface area contributed by atoms with Gasteiger partial charge in [0.2, 0.25) is 5.91 Å². The number of pyridine rings is 1. The van der Waals surface area contributed by atoms with Crippen molar-refractivity contribution in [3.63, 3.8) is 0 Å². The number of hydrogen-bond donors (Lipinski definition) is 2. The Morgan fingerprint density at radius 2 is 2.08 bits per heavy atom. The summed E-state index contributed by atoms with van der Waals surface area (Å²) < 4.78 is 40.9. The largest absolute Gasteiger partial charge is 0.490 e. The first-order chi connectivity index (χ1) is 12.2. The molecule has 2 fully saturated rings. The molecule has 2 heterocycles. The minimum atomic E-state index is -3.30. The summed E-state index contributed by atoms with van der Waals surface area (Å²) >= 11 is 0. The third kappa shape index (κ3) is 4.12. The van der Waals surface area contributed by atoms with E-state index in [2.05, 4.69) is 10.3 Å². The maximum atomic E-state index is 12.5. The van der Waals surface area contributed by atoms with E-state index in [0.717, 1.165) is 18.4 Å². The Kier molecular flexibility index (Phi) is 4.87. The number of nitrogens with zero attached hydrogens (tertiary/aromatic N) is 1. The molecule has 3 N–H and O–H groups in total. The predicted molar refractivity (Wildman–Crippen MR) is 90.3 cm³/mol. The normalized spacial score (nSPS) is 20.0. The average molecular weight is 385 g/mol. The van der Waals surface area contributed by atoms with Crippen molar-refractivity contribution >= 4 is 21.7 Å². The van der Waals surface area contributed by atoms with E-state index in [1.165, 1.54) is 12.3 Å². The number of rotatable bonds is 8. The van der Waals surface area contributed by atoms with E-state index < -0.39 is 33.9 Å². The van der Waals surface area contributed by atoms with Crippen LogP contribution in [0.5, 0.6) is 5.75 Å². The lowest BCUT2D eigenvalue weighted by Crippen LogP contribution is -2.66. The summed E-state index contributed by atoms with van der Waals surface area (Å²) in [5, 5.41) is 2.57. The summed E-state index contributed by atoms with van der Waals surface area (Å²) in [5.74, 6) is -1.33. The third-order valence-electron chi connectivity index (χ3n) is 4.36. The standard InChI is InChI=1S/C16H20FN3O5S/c17-3-4-25-13-5-12(19-7-11(13)10-1-2-10)15(22)20-16(6-14(18)21)8-26(23,24)9-16/h5,7,10H,1-4,6,8-9H2,(H2,18,21)(H,20,22). The fourth-order valence-corrected chi connectivity index (χ4v) is 5.15. The second kappa shape index (κ2) is 6.82. The molecule has 1 saturated carbocycles. The van der Waals surface area contributed by atoms with Gasteiger partial charge in [-0.15, -0.1) is 0 Å². The van der Waals surface area contributed by atoms with Crippen molar-refractivity contribution in [2.45, 2.75) is 30.7 Å². The Bertz CT molecular complexity index is 826. The van der Waals surface area contributed by atoms with Gasteiger partial charge in [0, 0.05) is 17.8 Å². The molecular formula is C16H20FN3O5S. The molecule has 2 amide bonds. The fraction of sp³-hybridized carbons (Fsp3) is 0.562. The molecule has 0 unspecified atom stereocenters. The lowest BCUT2D eigenvalue weighted by atomic mass is 9.98. The minimum Gasteiger partial charge on any atom is -0.490 e. The van der Waals surface area contributed by atoms with Gasteiger partial charge in [-0.05, 0) is 18.8 Å². The van der Waals surface area contributed by atoms with Crippen molar-refractivity contribution in [2.24, 2.45) is 5.73 Å². The zero-order valence-electron chi connectivity index (χ0n) is 14.0. The third-order valence-corrected chi connectivity index (χ3v) is 6.35. The molecule has 2 aliphatic rings. The zero-order valence-corrected chi connectivity index (χ0v) is 14.9. The number of sulfone groups is 1. The zero-order chi connectivity index (χ0) is 18.9. The van der Waals surface area contributed by atoms with E-state index in [9.17, 15) is 22.4 Å². The summed E-state index contributed by atoms with van der Waals surface area (Å²) in [6.07, 6.45) is 3.22. The summed E-state index contributed by atoms with van der Waals surface area (Å²) in [6.45, 7) is -0.789. The first-order valence-corrected chi connectivity index (χ1v) is 10.1.